The van der Waals surface area contributed by atoms with Crippen LogP contribution in [0.3, 0.4) is 0 Å². The first-order valence-corrected chi connectivity index (χ1v) is 6.73. The summed E-state index contributed by atoms with van der Waals surface area (Å²) in [5.74, 6) is -0.273. The van der Waals surface area contributed by atoms with E-state index in [1.807, 2.05) is 0 Å². The van der Waals surface area contributed by atoms with E-state index in [1.54, 1.807) is 11.8 Å². The molecule has 1 saturated heterocycles. The maximum Gasteiger partial charge on any atom is 0.309 e. The highest BCUT2D eigenvalue weighted by atomic mass is 32.1. The van der Waals surface area contributed by atoms with Crippen molar-refractivity contribution in [3.63, 3.8) is 0 Å². The summed E-state index contributed by atoms with van der Waals surface area (Å²) in [6, 6.07) is 0. The first kappa shape index (κ1) is 12.9. The van der Waals surface area contributed by atoms with Gasteiger partial charge in [-0.15, -0.1) is 5.10 Å². The van der Waals surface area contributed by atoms with Crippen molar-refractivity contribution in [3.8, 4) is 0 Å². The van der Waals surface area contributed by atoms with Crippen LogP contribution in [0.5, 0.6) is 0 Å². The van der Waals surface area contributed by atoms with Gasteiger partial charge < -0.3 is 9.64 Å². The number of rotatable bonds is 3. The second-order valence-electron chi connectivity index (χ2n) is 4.10. The predicted octanol–water partition coefficient (Wildman–Crippen LogP) is 0.953. The van der Waals surface area contributed by atoms with Gasteiger partial charge in [-0.1, -0.05) is 4.49 Å². The summed E-state index contributed by atoms with van der Waals surface area (Å²) in [4.78, 5) is 25.8. The van der Waals surface area contributed by atoms with E-state index in [4.69, 9.17) is 4.74 Å². The van der Waals surface area contributed by atoms with Crippen LogP contribution in [0.25, 0.3) is 0 Å². The number of amides is 1. The van der Waals surface area contributed by atoms with Crippen LogP contribution in [-0.4, -0.2) is 46.1 Å². The zero-order valence-electron chi connectivity index (χ0n) is 10.2. The minimum absolute atomic E-state index is 0.0488. The second-order valence-corrected chi connectivity index (χ2v) is 4.89. The summed E-state index contributed by atoms with van der Waals surface area (Å²) in [6.07, 6.45) is 2.80. The number of aromatic nitrogens is 2. The van der Waals surface area contributed by atoms with Crippen molar-refractivity contribution in [2.45, 2.75) is 19.8 Å². The topological polar surface area (TPSA) is 72.4 Å². The van der Waals surface area contributed by atoms with E-state index < -0.39 is 0 Å². The molecule has 1 amide bonds. The van der Waals surface area contributed by atoms with Gasteiger partial charge in [0.2, 0.25) is 0 Å². The molecule has 0 saturated carbocycles. The van der Waals surface area contributed by atoms with Gasteiger partial charge in [0.25, 0.3) is 5.91 Å². The molecule has 0 spiro atoms. The highest BCUT2D eigenvalue weighted by Crippen LogP contribution is 2.20. The number of hydrogen-bond acceptors (Lipinski definition) is 6. The fourth-order valence-electron chi connectivity index (χ4n) is 2.00. The van der Waals surface area contributed by atoms with Crippen LogP contribution in [0.2, 0.25) is 0 Å². The van der Waals surface area contributed by atoms with Crippen LogP contribution >= 0.6 is 11.5 Å². The Balaban J connectivity index is 1.87. The predicted molar refractivity (Wildman–Crippen MR) is 65.2 cm³/mol. The molecule has 0 atom stereocenters. The molecule has 1 aromatic rings. The van der Waals surface area contributed by atoms with Gasteiger partial charge in [-0.05, 0) is 31.3 Å². The van der Waals surface area contributed by atoms with E-state index in [-0.39, 0.29) is 17.8 Å². The molecule has 0 radical (unpaired) electrons. The van der Waals surface area contributed by atoms with E-state index in [1.165, 1.54) is 6.20 Å². The lowest BCUT2D eigenvalue weighted by atomic mass is 9.97. The van der Waals surface area contributed by atoms with Gasteiger partial charge in [0.15, 0.2) is 0 Å². The Kier molecular flexibility index (Phi) is 4.24. The Morgan fingerprint density at radius 3 is 2.78 bits per heavy atom. The zero-order valence-corrected chi connectivity index (χ0v) is 11.0. The molecule has 7 heteroatoms. The van der Waals surface area contributed by atoms with Gasteiger partial charge in [-0.2, -0.15) is 0 Å². The van der Waals surface area contributed by atoms with Crippen molar-refractivity contribution in [2.75, 3.05) is 19.7 Å². The Morgan fingerprint density at radius 2 is 2.22 bits per heavy atom. The van der Waals surface area contributed by atoms with Crippen LogP contribution in [-0.2, 0) is 9.53 Å². The summed E-state index contributed by atoms with van der Waals surface area (Å²) < 4.78 is 8.66. The Hall–Kier alpha value is -1.50. The maximum atomic E-state index is 12.0. The lowest BCUT2D eigenvalue weighted by Crippen LogP contribution is -2.40. The van der Waals surface area contributed by atoms with Crippen molar-refractivity contribution < 1.29 is 14.3 Å². The molecule has 0 N–H and O–H groups in total. The summed E-state index contributed by atoms with van der Waals surface area (Å²) in [5.41, 5.74) is 0. The van der Waals surface area contributed by atoms with Gasteiger partial charge in [0.05, 0.1) is 18.7 Å². The number of likely N-dealkylation sites (tertiary alicyclic amines) is 1. The first-order chi connectivity index (χ1) is 8.72. The molecule has 0 bridgehead atoms. The fourth-order valence-corrected chi connectivity index (χ4v) is 2.48. The zero-order chi connectivity index (χ0) is 13.0. The number of nitrogens with zero attached hydrogens (tertiary/aromatic N) is 3. The SMILES string of the molecule is CCOC(=O)C1CCN(C(=O)c2cnns2)CC1. The lowest BCUT2D eigenvalue weighted by Gasteiger charge is -2.30. The third-order valence-electron chi connectivity index (χ3n) is 2.97. The standard InChI is InChI=1S/C11H15N3O3S/c1-2-17-11(16)8-3-5-14(6-4-8)10(15)9-7-12-13-18-9/h7-8H,2-6H2,1H3. The highest BCUT2D eigenvalue weighted by Gasteiger charge is 2.29. The van der Waals surface area contributed by atoms with Crippen LogP contribution in [0.1, 0.15) is 29.4 Å². The van der Waals surface area contributed by atoms with Crippen LogP contribution in [0.4, 0.5) is 0 Å². The average molecular weight is 269 g/mol. The van der Waals surface area contributed by atoms with E-state index in [2.05, 4.69) is 9.59 Å². The molecule has 0 aromatic carbocycles. The molecule has 0 aliphatic carbocycles. The normalized spacial score (nSPS) is 16.6. The fraction of sp³-hybridized carbons (Fsp3) is 0.636. The number of carbonyl (C=O) groups is 2. The molecular weight excluding hydrogens is 254 g/mol. The summed E-state index contributed by atoms with van der Waals surface area (Å²) in [5, 5.41) is 3.65. The molecule has 98 valence electrons. The molecule has 0 unspecified atom stereocenters. The van der Waals surface area contributed by atoms with E-state index in [0.29, 0.717) is 37.4 Å². The molecule has 18 heavy (non-hydrogen) atoms. The Bertz CT molecular complexity index is 413. The smallest absolute Gasteiger partial charge is 0.309 e. The molecule has 1 aromatic heterocycles. The number of piperidine rings is 1. The Morgan fingerprint density at radius 1 is 1.50 bits per heavy atom. The molecule has 6 nitrogen and oxygen atoms in total. The monoisotopic (exact) mass is 269 g/mol. The summed E-state index contributed by atoms with van der Waals surface area (Å²) in [6.45, 7) is 3.37. The van der Waals surface area contributed by atoms with Crippen molar-refractivity contribution >= 4 is 23.4 Å². The number of carbonyl (C=O) groups excluding carboxylic acids is 2. The van der Waals surface area contributed by atoms with Gasteiger partial charge in [-0.3, -0.25) is 9.59 Å². The van der Waals surface area contributed by atoms with Crippen molar-refractivity contribution in [3.05, 3.63) is 11.1 Å². The van der Waals surface area contributed by atoms with Crippen molar-refractivity contribution in [1.29, 1.82) is 0 Å². The van der Waals surface area contributed by atoms with Crippen LogP contribution < -0.4 is 0 Å². The lowest BCUT2D eigenvalue weighted by molar-refractivity contribution is -0.149. The molecule has 2 rings (SSSR count). The third kappa shape index (κ3) is 2.84. The number of esters is 1. The maximum absolute atomic E-state index is 12.0. The van der Waals surface area contributed by atoms with E-state index in [9.17, 15) is 9.59 Å². The minimum Gasteiger partial charge on any atom is -0.466 e. The summed E-state index contributed by atoms with van der Waals surface area (Å²) >= 11 is 1.10. The van der Waals surface area contributed by atoms with Gasteiger partial charge in [0.1, 0.15) is 4.88 Å². The molecule has 2 heterocycles. The minimum atomic E-state index is -0.149. The van der Waals surface area contributed by atoms with E-state index >= 15 is 0 Å². The molecule has 1 aliphatic heterocycles. The average Bonchev–Trinajstić information content (AvgIpc) is 2.92. The quantitative estimate of drug-likeness (QED) is 0.764. The highest BCUT2D eigenvalue weighted by molar-refractivity contribution is 7.07. The van der Waals surface area contributed by atoms with Crippen molar-refractivity contribution in [2.24, 2.45) is 5.92 Å². The van der Waals surface area contributed by atoms with Crippen LogP contribution in [0.15, 0.2) is 6.20 Å². The molecule has 1 fully saturated rings. The van der Waals surface area contributed by atoms with E-state index in [0.717, 1.165) is 11.5 Å². The van der Waals surface area contributed by atoms with Crippen molar-refractivity contribution in [1.82, 2.24) is 14.5 Å². The van der Waals surface area contributed by atoms with Gasteiger partial charge in [0, 0.05) is 13.1 Å². The van der Waals surface area contributed by atoms with Gasteiger partial charge >= 0.3 is 5.97 Å². The Labute approximate surface area is 109 Å². The van der Waals surface area contributed by atoms with Crippen LogP contribution in [0, 0.1) is 5.92 Å². The summed E-state index contributed by atoms with van der Waals surface area (Å²) in [7, 11) is 0. The number of hydrogen-bond donors (Lipinski definition) is 0. The second kappa shape index (κ2) is 5.90. The largest absolute Gasteiger partial charge is 0.466 e. The first-order valence-electron chi connectivity index (χ1n) is 5.95. The molecular formula is C11H15N3O3S. The third-order valence-corrected chi connectivity index (χ3v) is 3.63. The number of ether oxygens (including phenoxy) is 1. The van der Waals surface area contributed by atoms with Gasteiger partial charge in [-0.25, -0.2) is 0 Å². The molecule has 1 aliphatic rings.